The van der Waals surface area contributed by atoms with Crippen molar-refractivity contribution in [3.8, 4) is 11.8 Å². The number of thiophene rings is 1. The molecule has 1 amide bonds. The molecule has 0 aliphatic rings. The fourth-order valence-corrected chi connectivity index (χ4v) is 3.29. The van der Waals surface area contributed by atoms with Crippen LogP contribution in [0.4, 0.5) is 0 Å². The van der Waals surface area contributed by atoms with E-state index in [9.17, 15) is 9.59 Å². The average Bonchev–Trinajstić information content (AvgIpc) is 3.43. The maximum absolute atomic E-state index is 12.5. The Labute approximate surface area is 160 Å². The Kier molecular flexibility index (Phi) is 6.07. The molecule has 0 N–H and O–H groups in total. The highest BCUT2D eigenvalue weighted by molar-refractivity contribution is 7.12. The zero-order valence-corrected chi connectivity index (χ0v) is 15.2. The number of hydrogen-bond donors (Lipinski definition) is 0. The number of nitriles is 1. The van der Waals surface area contributed by atoms with Gasteiger partial charge in [0.1, 0.15) is 10.6 Å². The van der Waals surface area contributed by atoms with Crippen LogP contribution in [0.3, 0.4) is 0 Å². The lowest BCUT2D eigenvalue weighted by Gasteiger charge is -2.20. The van der Waals surface area contributed by atoms with Crippen LogP contribution in [0.15, 0.2) is 58.8 Å². The first-order valence-corrected chi connectivity index (χ1v) is 9.12. The molecule has 0 radical (unpaired) electrons. The number of nitrogens with zero attached hydrogens (tertiary/aromatic N) is 3. The van der Waals surface area contributed by atoms with Gasteiger partial charge in [0.2, 0.25) is 0 Å². The summed E-state index contributed by atoms with van der Waals surface area (Å²) < 4.78 is 12.3. The highest BCUT2D eigenvalue weighted by Gasteiger charge is 2.20. The van der Waals surface area contributed by atoms with Gasteiger partial charge in [-0.15, -0.1) is 11.3 Å². The number of hydrogen-bond acceptors (Lipinski definition) is 6. The molecule has 0 spiro atoms. The minimum atomic E-state index is -0.555. The van der Waals surface area contributed by atoms with E-state index in [4.69, 9.17) is 14.4 Å². The van der Waals surface area contributed by atoms with Crippen molar-refractivity contribution in [3.63, 3.8) is 0 Å². The van der Waals surface area contributed by atoms with Gasteiger partial charge in [-0.2, -0.15) is 5.26 Å². The van der Waals surface area contributed by atoms with E-state index in [1.165, 1.54) is 22.5 Å². The first-order chi connectivity index (χ1) is 13.2. The standard InChI is InChI=1S/C19H17N3O4S/c20-7-4-10-22(13-15-5-3-11-25-15)17(23)14-26-19(24)18-16(6-12-27-18)21-8-1-2-9-21/h1-3,5-6,8-9,11-12H,4,10,13-14H2. The normalized spacial score (nSPS) is 10.3. The summed E-state index contributed by atoms with van der Waals surface area (Å²) in [6.07, 6.45) is 5.36. The van der Waals surface area contributed by atoms with Gasteiger partial charge < -0.3 is 18.6 Å². The van der Waals surface area contributed by atoms with Crippen LogP contribution in [0.1, 0.15) is 21.9 Å². The van der Waals surface area contributed by atoms with Gasteiger partial charge in [-0.05, 0) is 35.7 Å². The number of carbonyl (C=O) groups excluding carboxylic acids is 2. The molecular formula is C19H17N3O4S. The van der Waals surface area contributed by atoms with Gasteiger partial charge in [0, 0.05) is 18.9 Å². The lowest BCUT2D eigenvalue weighted by atomic mass is 10.3. The zero-order chi connectivity index (χ0) is 19.1. The summed E-state index contributed by atoms with van der Waals surface area (Å²) in [4.78, 5) is 26.7. The number of furan rings is 1. The van der Waals surface area contributed by atoms with E-state index >= 15 is 0 Å². The molecule has 0 saturated heterocycles. The van der Waals surface area contributed by atoms with E-state index in [-0.39, 0.29) is 25.4 Å². The van der Waals surface area contributed by atoms with E-state index in [1.54, 1.807) is 17.5 Å². The number of ether oxygens (including phenoxy) is 1. The summed E-state index contributed by atoms with van der Waals surface area (Å²) in [5, 5.41) is 10.6. The van der Waals surface area contributed by atoms with Gasteiger partial charge in [0.05, 0.1) is 31.0 Å². The van der Waals surface area contributed by atoms with Gasteiger partial charge in [0.15, 0.2) is 6.61 Å². The van der Waals surface area contributed by atoms with Gasteiger partial charge in [-0.3, -0.25) is 4.79 Å². The molecule has 0 fully saturated rings. The second-order valence-corrected chi connectivity index (χ2v) is 6.52. The summed E-state index contributed by atoms with van der Waals surface area (Å²) in [5.41, 5.74) is 0.708. The zero-order valence-electron chi connectivity index (χ0n) is 14.4. The van der Waals surface area contributed by atoms with Crippen molar-refractivity contribution in [1.82, 2.24) is 9.47 Å². The molecule has 0 atom stereocenters. The molecule has 0 saturated carbocycles. The molecule has 0 aliphatic heterocycles. The summed E-state index contributed by atoms with van der Waals surface area (Å²) in [5.74, 6) is -0.338. The third-order valence-electron chi connectivity index (χ3n) is 3.81. The van der Waals surface area contributed by atoms with Gasteiger partial charge in [-0.1, -0.05) is 0 Å². The molecule has 8 heteroatoms. The largest absolute Gasteiger partial charge is 0.467 e. The molecule has 0 aliphatic carbocycles. The van der Waals surface area contributed by atoms with Gasteiger partial charge >= 0.3 is 5.97 Å². The fourth-order valence-electron chi connectivity index (χ4n) is 2.51. The van der Waals surface area contributed by atoms with Crippen LogP contribution in [0.5, 0.6) is 0 Å². The summed E-state index contributed by atoms with van der Waals surface area (Å²) in [7, 11) is 0. The molecule has 0 aromatic carbocycles. The SMILES string of the molecule is N#CCCN(Cc1ccco1)C(=O)COC(=O)c1sccc1-n1cccc1. The molecule has 0 unspecified atom stereocenters. The smallest absolute Gasteiger partial charge is 0.350 e. The van der Waals surface area contributed by atoms with Crippen LogP contribution in [-0.2, 0) is 16.1 Å². The predicted molar refractivity (Wildman–Crippen MR) is 98.3 cm³/mol. The minimum Gasteiger partial charge on any atom is -0.467 e. The molecule has 3 heterocycles. The molecule has 3 rings (SSSR count). The van der Waals surface area contributed by atoms with Gasteiger partial charge in [0.25, 0.3) is 5.91 Å². The second kappa shape index (κ2) is 8.87. The highest BCUT2D eigenvalue weighted by Crippen LogP contribution is 2.22. The second-order valence-electron chi connectivity index (χ2n) is 5.60. The summed E-state index contributed by atoms with van der Waals surface area (Å²) in [6, 6.07) is 11.0. The van der Waals surface area contributed by atoms with Crippen LogP contribution < -0.4 is 0 Å². The Morgan fingerprint density at radius 2 is 2.07 bits per heavy atom. The van der Waals surface area contributed by atoms with Crippen molar-refractivity contribution < 1.29 is 18.7 Å². The Morgan fingerprint density at radius 3 is 2.78 bits per heavy atom. The minimum absolute atomic E-state index is 0.184. The number of carbonyl (C=O) groups is 2. The molecule has 7 nitrogen and oxygen atoms in total. The molecule has 3 aromatic heterocycles. The van der Waals surface area contributed by atoms with Crippen molar-refractivity contribution in [3.05, 3.63) is 65.0 Å². The maximum Gasteiger partial charge on any atom is 0.350 e. The number of esters is 1. The number of rotatable bonds is 8. The average molecular weight is 383 g/mol. The summed E-state index contributed by atoms with van der Waals surface area (Å²) in [6.45, 7) is 0.0634. The monoisotopic (exact) mass is 383 g/mol. The third-order valence-corrected chi connectivity index (χ3v) is 4.70. The van der Waals surface area contributed by atoms with E-state index in [0.29, 0.717) is 16.3 Å². The molecule has 27 heavy (non-hydrogen) atoms. The van der Waals surface area contributed by atoms with Crippen molar-refractivity contribution in [2.24, 2.45) is 0 Å². The van der Waals surface area contributed by atoms with Crippen LogP contribution in [-0.4, -0.2) is 34.5 Å². The van der Waals surface area contributed by atoms with Crippen molar-refractivity contribution in [1.29, 1.82) is 5.26 Å². The van der Waals surface area contributed by atoms with Gasteiger partial charge in [-0.25, -0.2) is 4.79 Å². The molecule has 138 valence electrons. The Bertz CT molecular complexity index is 923. The third kappa shape index (κ3) is 4.65. The van der Waals surface area contributed by atoms with E-state index in [0.717, 1.165) is 0 Å². The lowest BCUT2D eigenvalue weighted by molar-refractivity contribution is -0.135. The Balaban J connectivity index is 1.62. The van der Waals surface area contributed by atoms with Crippen molar-refractivity contribution in [2.75, 3.05) is 13.2 Å². The quantitative estimate of drug-likeness (QED) is 0.557. The fraction of sp³-hybridized carbons (Fsp3) is 0.211. The topological polar surface area (TPSA) is 88.5 Å². The number of amides is 1. The van der Waals surface area contributed by atoms with Crippen LogP contribution in [0.25, 0.3) is 5.69 Å². The van der Waals surface area contributed by atoms with E-state index < -0.39 is 12.6 Å². The van der Waals surface area contributed by atoms with Crippen LogP contribution >= 0.6 is 11.3 Å². The maximum atomic E-state index is 12.5. The van der Waals surface area contributed by atoms with Crippen LogP contribution in [0.2, 0.25) is 0 Å². The van der Waals surface area contributed by atoms with E-state index in [2.05, 4.69) is 0 Å². The number of aromatic nitrogens is 1. The van der Waals surface area contributed by atoms with Crippen molar-refractivity contribution >= 4 is 23.2 Å². The molecule has 0 bridgehead atoms. The predicted octanol–water partition coefficient (Wildman–Crippen LogP) is 3.23. The first kappa shape index (κ1) is 18.5. The molecular weight excluding hydrogens is 366 g/mol. The first-order valence-electron chi connectivity index (χ1n) is 8.24. The Hall–Kier alpha value is -3.31. The van der Waals surface area contributed by atoms with Crippen LogP contribution in [0, 0.1) is 11.3 Å². The lowest BCUT2D eigenvalue weighted by Crippen LogP contribution is -2.35. The highest BCUT2D eigenvalue weighted by atomic mass is 32.1. The van der Waals surface area contributed by atoms with E-state index in [1.807, 2.05) is 41.2 Å². The van der Waals surface area contributed by atoms with Crippen molar-refractivity contribution in [2.45, 2.75) is 13.0 Å². The summed E-state index contributed by atoms with van der Waals surface area (Å²) >= 11 is 1.26. The molecule has 3 aromatic rings. The Morgan fingerprint density at radius 1 is 1.26 bits per heavy atom.